The largest absolute Gasteiger partial charge is 0.309 e. The van der Waals surface area contributed by atoms with E-state index in [-0.39, 0.29) is 0 Å². The molecule has 0 atom stereocenters. The van der Waals surface area contributed by atoms with Gasteiger partial charge in [0.1, 0.15) is 0 Å². The molecule has 40 heavy (non-hydrogen) atoms. The Balaban J connectivity index is 1.61. The summed E-state index contributed by atoms with van der Waals surface area (Å²) in [6.07, 6.45) is 0. The molecular formula is C37H26NOP. The lowest BCUT2D eigenvalue weighted by Gasteiger charge is -2.22. The molecule has 0 saturated heterocycles. The number of hydrogen-bond acceptors (Lipinski definition) is 2. The van der Waals surface area contributed by atoms with Gasteiger partial charge >= 0.3 is 0 Å². The number of pyridine rings is 1. The lowest BCUT2D eigenvalue weighted by atomic mass is 9.96. The van der Waals surface area contributed by atoms with Crippen molar-refractivity contribution in [1.82, 2.24) is 4.98 Å². The monoisotopic (exact) mass is 531 g/mol. The maximum Gasteiger partial charge on any atom is 0.173 e. The first-order chi connectivity index (χ1) is 19.7. The summed E-state index contributed by atoms with van der Waals surface area (Å²) in [6.45, 7) is 0. The molecule has 0 aliphatic rings. The third-order valence-electron chi connectivity index (χ3n) is 7.55. The normalized spacial score (nSPS) is 11.6. The number of benzene rings is 6. The number of hydrogen-bond donors (Lipinski definition) is 0. The van der Waals surface area contributed by atoms with E-state index in [1.54, 1.807) is 0 Å². The maximum absolute atomic E-state index is 15.5. The Morgan fingerprint density at radius 2 is 1.02 bits per heavy atom. The van der Waals surface area contributed by atoms with Gasteiger partial charge in [0.25, 0.3) is 0 Å². The highest BCUT2D eigenvalue weighted by Gasteiger charge is 2.32. The molecule has 0 spiro atoms. The molecule has 1 heterocycles. The second-order valence-electron chi connectivity index (χ2n) is 9.90. The maximum atomic E-state index is 15.5. The Morgan fingerprint density at radius 1 is 0.475 bits per heavy atom. The molecule has 0 bridgehead atoms. The summed E-state index contributed by atoms with van der Waals surface area (Å²) >= 11 is 0. The van der Waals surface area contributed by atoms with Crippen LogP contribution >= 0.6 is 7.14 Å². The predicted octanol–water partition coefficient (Wildman–Crippen LogP) is 8.36. The first-order valence-electron chi connectivity index (χ1n) is 13.4. The Kier molecular flexibility index (Phi) is 6.11. The van der Waals surface area contributed by atoms with Crippen LogP contribution in [-0.2, 0) is 4.57 Å². The van der Waals surface area contributed by atoms with E-state index in [2.05, 4.69) is 78.9 Å². The van der Waals surface area contributed by atoms with Crippen LogP contribution in [0.4, 0.5) is 0 Å². The zero-order valence-corrected chi connectivity index (χ0v) is 22.7. The molecule has 3 heteroatoms. The van der Waals surface area contributed by atoms with E-state index in [0.717, 1.165) is 60.0 Å². The summed E-state index contributed by atoms with van der Waals surface area (Å²) < 4.78 is 15.5. The van der Waals surface area contributed by atoms with Crippen LogP contribution in [0.15, 0.2) is 158 Å². The first-order valence-corrected chi connectivity index (χ1v) is 15.1. The van der Waals surface area contributed by atoms with Gasteiger partial charge in [0, 0.05) is 26.9 Å². The summed E-state index contributed by atoms with van der Waals surface area (Å²) in [6, 6.07) is 53.1. The quantitative estimate of drug-likeness (QED) is 0.209. The fraction of sp³-hybridized carbons (Fsp3) is 0. The molecule has 0 radical (unpaired) electrons. The third kappa shape index (κ3) is 4.06. The summed E-state index contributed by atoms with van der Waals surface area (Å²) in [4.78, 5) is 5.33. The van der Waals surface area contributed by atoms with E-state index < -0.39 is 7.14 Å². The van der Waals surface area contributed by atoms with Crippen molar-refractivity contribution in [3.05, 3.63) is 158 Å². The Bertz CT molecular complexity index is 1970. The number of aromatic nitrogens is 1. The van der Waals surface area contributed by atoms with Crippen LogP contribution in [0.5, 0.6) is 0 Å². The molecule has 6 aromatic carbocycles. The smallest absolute Gasteiger partial charge is 0.173 e. The van der Waals surface area contributed by atoms with Crippen molar-refractivity contribution in [3.63, 3.8) is 0 Å². The standard InChI is InChI=1S/C37H26NOP/c39-40(29-18-6-2-7-19-29,30-20-8-3-9-21-30)36-25-13-24-33-34(28-14-4-1-5-15-28)26-35(38-37(33)36)32-23-12-17-27-16-10-11-22-31(27)32/h1-26H. The second-order valence-corrected chi connectivity index (χ2v) is 12.6. The highest BCUT2D eigenvalue weighted by Crippen LogP contribution is 2.45. The predicted molar refractivity (Wildman–Crippen MR) is 170 cm³/mol. The molecule has 0 N–H and O–H groups in total. The molecule has 0 amide bonds. The van der Waals surface area contributed by atoms with E-state index in [1.807, 2.05) is 78.9 Å². The molecule has 190 valence electrons. The molecule has 0 saturated carbocycles. The van der Waals surface area contributed by atoms with Gasteiger partial charge in [-0.05, 0) is 34.0 Å². The topological polar surface area (TPSA) is 30.0 Å². The average Bonchev–Trinajstić information content (AvgIpc) is 3.04. The van der Waals surface area contributed by atoms with E-state index in [9.17, 15) is 0 Å². The fourth-order valence-electron chi connectivity index (χ4n) is 5.63. The summed E-state index contributed by atoms with van der Waals surface area (Å²) in [7, 11) is -3.26. The number of rotatable bonds is 5. The fourth-order valence-corrected chi connectivity index (χ4v) is 8.44. The number of fused-ring (bicyclic) bond motifs is 2. The van der Waals surface area contributed by atoms with E-state index in [0.29, 0.717) is 0 Å². The third-order valence-corrected chi connectivity index (χ3v) is 10.6. The van der Waals surface area contributed by atoms with Crippen LogP contribution in [0.25, 0.3) is 44.1 Å². The highest BCUT2D eigenvalue weighted by atomic mass is 31.2. The molecule has 1 aromatic heterocycles. The summed E-state index contributed by atoms with van der Waals surface area (Å²) in [5, 5.41) is 5.64. The van der Waals surface area contributed by atoms with Crippen molar-refractivity contribution in [2.75, 3.05) is 0 Å². The van der Waals surface area contributed by atoms with Gasteiger partial charge in [-0.2, -0.15) is 0 Å². The Morgan fingerprint density at radius 3 is 1.73 bits per heavy atom. The van der Waals surface area contributed by atoms with E-state index in [1.165, 1.54) is 0 Å². The van der Waals surface area contributed by atoms with Gasteiger partial charge in [-0.1, -0.05) is 146 Å². The number of para-hydroxylation sites is 1. The zero-order valence-electron chi connectivity index (χ0n) is 21.8. The van der Waals surface area contributed by atoms with Gasteiger partial charge in [0.15, 0.2) is 7.14 Å². The summed E-state index contributed by atoms with van der Waals surface area (Å²) in [5.74, 6) is 0. The Labute approximate surface area is 234 Å². The molecule has 0 unspecified atom stereocenters. The molecule has 7 rings (SSSR count). The van der Waals surface area contributed by atoms with Crippen LogP contribution in [0.1, 0.15) is 0 Å². The van der Waals surface area contributed by atoms with Crippen molar-refractivity contribution in [2.45, 2.75) is 0 Å². The molecule has 0 aliphatic carbocycles. The zero-order chi connectivity index (χ0) is 26.9. The van der Waals surface area contributed by atoms with Gasteiger partial charge in [-0.15, -0.1) is 0 Å². The number of nitrogens with zero attached hydrogens (tertiary/aromatic N) is 1. The molecule has 7 aromatic rings. The molecule has 2 nitrogen and oxygen atoms in total. The van der Waals surface area contributed by atoms with Gasteiger partial charge in [0.2, 0.25) is 0 Å². The summed E-state index contributed by atoms with van der Waals surface area (Å²) in [5.41, 5.74) is 4.86. The minimum absolute atomic E-state index is 0.752. The second kappa shape index (κ2) is 10.1. The SMILES string of the molecule is O=P(c1ccccc1)(c1ccccc1)c1cccc2c(-c3ccccc3)cc(-c3cccc4ccccc34)nc12. The minimum atomic E-state index is -3.26. The van der Waals surface area contributed by atoms with Crippen molar-refractivity contribution >= 4 is 44.7 Å². The van der Waals surface area contributed by atoms with Gasteiger partial charge in [-0.25, -0.2) is 4.98 Å². The average molecular weight is 532 g/mol. The van der Waals surface area contributed by atoms with Crippen LogP contribution in [0.3, 0.4) is 0 Å². The van der Waals surface area contributed by atoms with Crippen LogP contribution in [0.2, 0.25) is 0 Å². The lowest BCUT2D eigenvalue weighted by Crippen LogP contribution is -2.26. The first kappa shape index (κ1) is 24.3. The van der Waals surface area contributed by atoms with E-state index >= 15 is 4.57 Å². The van der Waals surface area contributed by atoms with Gasteiger partial charge < -0.3 is 4.57 Å². The van der Waals surface area contributed by atoms with Crippen molar-refractivity contribution in [3.8, 4) is 22.4 Å². The van der Waals surface area contributed by atoms with Crippen LogP contribution in [-0.4, -0.2) is 4.98 Å². The molecule has 0 aliphatic heterocycles. The lowest BCUT2D eigenvalue weighted by molar-refractivity contribution is 0.592. The van der Waals surface area contributed by atoms with Crippen LogP contribution < -0.4 is 15.9 Å². The van der Waals surface area contributed by atoms with E-state index in [4.69, 9.17) is 4.98 Å². The molecule has 0 fully saturated rings. The van der Waals surface area contributed by atoms with Crippen molar-refractivity contribution in [1.29, 1.82) is 0 Å². The molecular weight excluding hydrogens is 505 g/mol. The van der Waals surface area contributed by atoms with Crippen molar-refractivity contribution in [2.24, 2.45) is 0 Å². The van der Waals surface area contributed by atoms with Gasteiger partial charge in [0.05, 0.1) is 11.2 Å². The van der Waals surface area contributed by atoms with Crippen molar-refractivity contribution < 1.29 is 4.57 Å². The highest BCUT2D eigenvalue weighted by molar-refractivity contribution is 7.85. The van der Waals surface area contributed by atoms with Crippen LogP contribution in [0, 0.1) is 0 Å². The minimum Gasteiger partial charge on any atom is -0.309 e. The Hall–Kier alpha value is -4.78. The van der Waals surface area contributed by atoms with Gasteiger partial charge in [-0.3, -0.25) is 0 Å².